The van der Waals surface area contributed by atoms with Crippen LogP contribution in [-0.2, 0) is 0 Å². The Labute approximate surface area is 111 Å². The van der Waals surface area contributed by atoms with Gasteiger partial charge in [-0.3, -0.25) is 0 Å². The summed E-state index contributed by atoms with van der Waals surface area (Å²) in [5, 5.41) is 0. The molecule has 1 heterocycles. The van der Waals surface area contributed by atoms with Crippen LogP contribution in [0.3, 0.4) is 0 Å². The van der Waals surface area contributed by atoms with Crippen molar-refractivity contribution < 1.29 is 24.8 Å². The van der Waals surface area contributed by atoms with Crippen LogP contribution in [0, 0.1) is 5.92 Å². The predicted molar refractivity (Wildman–Crippen MR) is 50.9 cm³/mol. The van der Waals surface area contributed by atoms with E-state index in [9.17, 15) is 0 Å². The fourth-order valence-corrected chi connectivity index (χ4v) is 1.65. The van der Waals surface area contributed by atoms with Crippen LogP contribution in [0.4, 0.5) is 0 Å². The van der Waals surface area contributed by atoms with Gasteiger partial charge in [-0.1, -0.05) is 6.92 Å². The van der Waals surface area contributed by atoms with E-state index in [-0.39, 0.29) is 47.9 Å². The third-order valence-electron chi connectivity index (χ3n) is 3.32. The minimum Gasteiger partial charge on any atom is -1.00 e. The number of hydrogen-bond acceptors (Lipinski definition) is 1. The Morgan fingerprint density at radius 2 is 1.69 bits per heavy atom. The summed E-state index contributed by atoms with van der Waals surface area (Å²) in [6.07, 6.45) is 2.78. The molecule has 1 rings (SSSR count). The fourth-order valence-electron chi connectivity index (χ4n) is 1.65. The van der Waals surface area contributed by atoms with Crippen LogP contribution in [0.5, 0.6) is 0 Å². The van der Waals surface area contributed by atoms with Gasteiger partial charge >= 0.3 is 23.1 Å². The maximum absolute atomic E-state index is 2.47. The van der Waals surface area contributed by atoms with E-state index in [1.54, 1.807) is 0 Å². The zero-order valence-electron chi connectivity index (χ0n) is 9.11. The van der Waals surface area contributed by atoms with Crippen molar-refractivity contribution in [3.8, 4) is 0 Å². The monoisotopic (exact) mass is 235 g/mol. The molecule has 1 saturated heterocycles. The standard InChI is InChI=1S/C9H19N.2ClH.Mg/c1-8-6-5-7-10(4)9(8,2)3;;;/h8H,5-7H2,1-4H3;2*1H;/q;;;+2/p-2. The summed E-state index contributed by atoms with van der Waals surface area (Å²) < 4.78 is 0. The molecule has 1 aliphatic heterocycles. The molecular formula is C9H19Cl2MgN. The number of piperidine rings is 1. The van der Waals surface area contributed by atoms with Gasteiger partial charge in [-0.25, -0.2) is 0 Å². The molecule has 0 aliphatic carbocycles. The first kappa shape index (κ1) is 19.8. The van der Waals surface area contributed by atoms with Crippen LogP contribution in [0.15, 0.2) is 0 Å². The van der Waals surface area contributed by atoms with E-state index in [2.05, 4.69) is 32.7 Å². The molecule has 1 unspecified atom stereocenters. The average molecular weight is 236 g/mol. The summed E-state index contributed by atoms with van der Waals surface area (Å²) in [5.41, 5.74) is 0.429. The zero-order chi connectivity index (χ0) is 7.78. The van der Waals surface area contributed by atoms with Gasteiger partial charge in [-0.05, 0) is 46.2 Å². The summed E-state index contributed by atoms with van der Waals surface area (Å²) in [6, 6.07) is 0. The van der Waals surface area contributed by atoms with Gasteiger partial charge < -0.3 is 29.7 Å². The van der Waals surface area contributed by atoms with Gasteiger partial charge in [-0.15, -0.1) is 0 Å². The molecule has 1 nitrogen and oxygen atoms in total. The zero-order valence-corrected chi connectivity index (χ0v) is 12.0. The van der Waals surface area contributed by atoms with E-state index in [0.717, 1.165) is 5.92 Å². The second kappa shape index (κ2) is 7.58. The van der Waals surface area contributed by atoms with E-state index in [0.29, 0.717) is 5.54 Å². The van der Waals surface area contributed by atoms with E-state index < -0.39 is 0 Å². The Balaban J connectivity index is -0.000000333. The molecule has 4 heteroatoms. The summed E-state index contributed by atoms with van der Waals surface area (Å²) in [5.74, 6) is 0.853. The smallest absolute Gasteiger partial charge is 1.00 e. The van der Waals surface area contributed by atoms with E-state index in [1.807, 2.05) is 0 Å². The molecule has 76 valence electrons. The second-order valence-corrected chi connectivity index (χ2v) is 4.12. The maximum Gasteiger partial charge on any atom is 2.00 e. The van der Waals surface area contributed by atoms with Gasteiger partial charge in [0.05, 0.1) is 0 Å². The normalized spacial score (nSPS) is 26.3. The summed E-state index contributed by atoms with van der Waals surface area (Å²) in [4.78, 5) is 2.47. The van der Waals surface area contributed by atoms with Crippen LogP contribution in [0.25, 0.3) is 0 Å². The Bertz CT molecular complexity index is 119. The molecule has 0 radical (unpaired) electrons. The van der Waals surface area contributed by atoms with Gasteiger partial charge in [0.2, 0.25) is 0 Å². The molecule has 0 bridgehead atoms. The van der Waals surface area contributed by atoms with E-state index in [4.69, 9.17) is 0 Å². The summed E-state index contributed by atoms with van der Waals surface area (Å²) in [7, 11) is 2.23. The topological polar surface area (TPSA) is 3.24 Å². The molecule has 13 heavy (non-hydrogen) atoms. The number of rotatable bonds is 0. The third-order valence-corrected chi connectivity index (χ3v) is 3.32. The molecule has 1 aliphatic rings. The van der Waals surface area contributed by atoms with Crippen LogP contribution in [0.1, 0.15) is 33.6 Å². The van der Waals surface area contributed by atoms with Crippen LogP contribution in [-0.4, -0.2) is 47.1 Å². The molecule has 0 saturated carbocycles. The molecule has 1 atom stereocenters. The van der Waals surface area contributed by atoms with Gasteiger partial charge in [-0.2, -0.15) is 0 Å². The van der Waals surface area contributed by atoms with Crippen LogP contribution in [0.2, 0.25) is 0 Å². The van der Waals surface area contributed by atoms with Crippen molar-refractivity contribution in [2.45, 2.75) is 39.2 Å². The van der Waals surface area contributed by atoms with Crippen LogP contribution >= 0.6 is 0 Å². The first-order chi connectivity index (χ1) is 4.55. The number of hydrogen-bond donors (Lipinski definition) is 0. The number of nitrogens with zero attached hydrogens (tertiary/aromatic N) is 1. The first-order valence-corrected chi connectivity index (χ1v) is 4.26. The number of halogens is 2. The van der Waals surface area contributed by atoms with Crippen LogP contribution < -0.4 is 24.8 Å². The Morgan fingerprint density at radius 1 is 1.23 bits per heavy atom. The predicted octanol–water partition coefficient (Wildman–Crippen LogP) is -4.25. The minimum absolute atomic E-state index is 0. The molecule has 0 amide bonds. The molecule has 0 aromatic rings. The quantitative estimate of drug-likeness (QED) is 0.385. The summed E-state index contributed by atoms with van der Waals surface area (Å²) >= 11 is 0. The summed E-state index contributed by atoms with van der Waals surface area (Å²) in [6.45, 7) is 8.32. The van der Waals surface area contributed by atoms with Crippen molar-refractivity contribution in [2.75, 3.05) is 13.6 Å². The van der Waals surface area contributed by atoms with Gasteiger partial charge in [0.15, 0.2) is 0 Å². The van der Waals surface area contributed by atoms with Crippen molar-refractivity contribution in [1.29, 1.82) is 0 Å². The Morgan fingerprint density at radius 3 is 2.00 bits per heavy atom. The number of likely N-dealkylation sites (tertiary alicyclic amines) is 1. The van der Waals surface area contributed by atoms with Crippen molar-refractivity contribution in [1.82, 2.24) is 4.90 Å². The van der Waals surface area contributed by atoms with Gasteiger partial charge in [0.1, 0.15) is 0 Å². The van der Waals surface area contributed by atoms with Crippen molar-refractivity contribution in [3.05, 3.63) is 0 Å². The fraction of sp³-hybridized carbons (Fsp3) is 1.00. The third kappa shape index (κ3) is 4.56. The van der Waals surface area contributed by atoms with Gasteiger partial charge in [0, 0.05) is 5.54 Å². The molecule has 0 spiro atoms. The average Bonchev–Trinajstić information content (AvgIpc) is 1.84. The minimum atomic E-state index is 0. The van der Waals surface area contributed by atoms with Crippen molar-refractivity contribution in [3.63, 3.8) is 0 Å². The first-order valence-electron chi connectivity index (χ1n) is 4.26. The van der Waals surface area contributed by atoms with Crippen molar-refractivity contribution >= 4 is 23.1 Å². The largest absolute Gasteiger partial charge is 2.00 e. The second-order valence-electron chi connectivity index (χ2n) is 4.12. The van der Waals surface area contributed by atoms with E-state index in [1.165, 1.54) is 19.4 Å². The molecular weight excluding hydrogens is 217 g/mol. The molecule has 1 fully saturated rings. The Hall–Kier alpha value is 1.31. The Kier molecular flexibility index (Phi) is 11.6. The SMILES string of the molecule is CC1CCCN(C)C1(C)C.[Cl-].[Cl-].[Mg+2]. The molecule has 0 aromatic heterocycles. The maximum atomic E-state index is 2.47. The van der Waals surface area contributed by atoms with E-state index >= 15 is 0 Å². The molecule has 0 N–H and O–H groups in total. The van der Waals surface area contributed by atoms with Gasteiger partial charge in [0.25, 0.3) is 0 Å². The molecule has 0 aromatic carbocycles. The van der Waals surface area contributed by atoms with Crippen molar-refractivity contribution in [2.24, 2.45) is 5.92 Å².